The SMILES string of the molecule is CCOC[C@H](O)CN1C[C@@H](N2CCN(C(C)=O)CC2)[C@@H](C)C1. The zero-order chi connectivity index (χ0) is 16.1. The largest absolute Gasteiger partial charge is 0.389 e. The predicted octanol–water partition coefficient (Wildman–Crippen LogP) is -0.132. The lowest BCUT2D eigenvalue weighted by molar-refractivity contribution is -0.130. The van der Waals surface area contributed by atoms with Crippen LogP contribution >= 0.6 is 0 Å². The number of aliphatic hydroxyl groups excluding tert-OH is 1. The molecule has 0 unspecified atom stereocenters. The molecule has 1 N–H and O–H groups in total. The summed E-state index contributed by atoms with van der Waals surface area (Å²) in [6, 6.07) is 0.536. The topological polar surface area (TPSA) is 56.3 Å². The van der Waals surface area contributed by atoms with E-state index in [1.807, 2.05) is 11.8 Å². The lowest BCUT2D eigenvalue weighted by atomic mass is 10.0. The number of piperazine rings is 1. The van der Waals surface area contributed by atoms with Gasteiger partial charge in [-0.3, -0.25) is 14.6 Å². The van der Waals surface area contributed by atoms with E-state index in [1.54, 1.807) is 6.92 Å². The summed E-state index contributed by atoms with van der Waals surface area (Å²) in [4.78, 5) is 18.2. The molecule has 0 aromatic rings. The standard InChI is InChI=1S/C16H31N3O3/c1-4-22-12-15(21)10-17-9-13(2)16(11-17)19-7-5-18(6-8-19)14(3)20/h13,15-16,21H,4-12H2,1-3H3/t13-,15+,16+/m0/s1. The van der Waals surface area contributed by atoms with Gasteiger partial charge in [-0.2, -0.15) is 0 Å². The Bertz CT molecular complexity index is 359. The molecular weight excluding hydrogens is 282 g/mol. The van der Waals surface area contributed by atoms with Gasteiger partial charge in [0.25, 0.3) is 0 Å². The van der Waals surface area contributed by atoms with Gasteiger partial charge >= 0.3 is 0 Å². The number of nitrogens with zero attached hydrogens (tertiary/aromatic N) is 3. The number of amides is 1. The van der Waals surface area contributed by atoms with Gasteiger partial charge in [0.1, 0.15) is 0 Å². The molecule has 0 radical (unpaired) electrons. The lowest BCUT2D eigenvalue weighted by Crippen LogP contribution is -2.53. The normalized spacial score (nSPS) is 29.0. The van der Waals surface area contributed by atoms with Crippen LogP contribution in [-0.2, 0) is 9.53 Å². The molecule has 0 spiro atoms. The first kappa shape index (κ1) is 17.7. The highest BCUT2D eigenvalue weighted by Gasteiger charge is 2.35. The van der Waals surface area contributed by atoms with E-state index < -0.39 is 6.10 Å². The highest BCUT2D eigenvalue weighted by molar-refractivity contribution is 5.73. The molecule has 0 bridgehead atoms. The Morgan fingerprint density at radius 2 is 1.95 bits per heavy atom. The minimum atomic E-state index is -0.402. The second-order valence-corrected chi connectivity index (χ2v) is 6.62. The van der Waals surface area contributed by atoms with Crippen molar-refractivity contribution in [1.29, 1.82) is 0 Å². The Labute approximate surface area is 134 Å². The van der Waals surface area contributed by atoms with Gasteiger partial charge < -0.3 is 14.7 Å². The Hall–Kier alpha value is -0.690. The van der Waals surface area contributed by atoms with Crippen LogP contribution < -0.4 is 0 Å². The van der Waals surface area contributed by atoms with Crippen molar-refractivity contribution in [2.75, 3.05) is 59.0 Å². The van der Waals surface area contributed by atoms with Crippen LogP contribution in [0.15, 0.2) is 0 Å². The number of rotatable bonds is 6. The summed E-state index contributed by atoms with van der Waals surface area (Å²) >= 11 is 0. The summed E-state index contributed by atoms with van der Waals surface area (Å²) in [6.07, 6.45) is -0.402. The van der Waals surface area contributed by atoms with Crippen molar-refractivity contribution in [2.24, 2.45) is 5.92 Å². The van der Waals surface area contributed by atoms with Gasteiger partial charge in [0.15, 0.2) is 0 Å². The van der Waals surface area contributed by atoms with Crippen molar-refractivity contribution in [3.8, 4) is 0 Å². The number of likely N-dealkylation sites (tertiary alicyclic amines) is 1. The first-order valence-corrected chi connectivity index (χ1v) is 8.49. The number of hydrogen-bond donors (Lipinski definition) is 1. The minimum Gasteiger partial charge on any atom is -0.389 e. The second kappa shape index (κ2) is 8.24. The van der Waals surface area contributed by atoms with Gasteiger partial charge in [0.2, 0.25) is 5.91 Å². The average molecular weight is 313 g/mol. The van der Waals surface area contributed by atoms with Crippen LogP contribution in [-0.4, -0.2) is 96.9 Å². The summed E-state index contributed by atoms with van der Waals surface area (Å²) in [7, 11) is 0. The van der Waals surface area contributed by atoms with E-state index in [4.69, 9.17) is 4.74 Å². The third-order valence-electron chi connectivity index (χ3n) is 4.86. The molecule has 0 aromatic carbocycles. The van der Waals surface area contributed by atoms with Crippen LogP contribution in [0.25, 0.3) is 0 Å². The van der Waals surface area contributed by atoms with E-state index in [0.717, 1.165) is 39.3 Å². The van der Waals surface area contributed by atoms with Crippen molar-refractivity contribution < 1.29 is 14.6 Å². The minimum absolute atomic E-state index is 0.180. The number of β-amino-alcohol motifs (C(OH)–C–C–N with tert-alkyl or cyclic N) is 1. The predicted molar refractivity (Wildman–Crippen MR) is 85.7 cm³/mol. The molecular formula is C16H31N3O3. The molecule has 2 heterocycles. The van der Waals surface area contributed by atoms with Crippen LogP contribution in [0.3, 0.4) is 0 Å². The smallest absolute Gasteiger partial charge is 0.219 e. The van der Waals surface area contributed by atoms with Gasteiger partial charge in [0, 0.05) is 65.4 Å². The number of carbonyl (C=O) groups is 1. The molecule has 0 saturated carbocycles. The van der Waals surface area contributed by atoms with Gasteiger partial charge in [0.05, 0.1) is 12.7 Å². The molecule has 0 aliphatic carbocycles. The van der Waals surface area contributed by atoms with Gasteiger partial charge in [-0.25, -0.2) is 0 Å². The van der Waals surface area contributed by atoms with Crippen LogP contribution in [0.2, 0.25) is 0 Å². The van der Waals surface area contributed by atoms with Gasteiger partial charge in [-0.1, -0.05) is 6.92 Å². The maximum absolute atomic E-state index is 11.4. The molecule has 2 saturated heterocycles. The molecule has 6 nitrogen and oxygen atoms in total. The van der Waals surface area contributed by atoms with E-state index in [9.17, 15) is 9.90 Å². The average Bonchev–Trinajstić information content (AvgIpc) is 2.85. The third kappa shape index (κ3) is 4.65. The van der Waals surface area contributed by atoms with Gasteiger partial charge in [-0.15, -0.1) is 0 Å². The quantitative estimate of drug-likeness (QED) is 0.740. The Kier molecular flexibility index (Phi) is 6.62. The van der Waals surface area contributed by atoms with Crippen molar-refractivity contribution in [2.45, 2.75) is 32.9 Å². The summed E-state index contributed by atoms with van der Waals surface area (Å²) in [6.45, 7) is 13.3. The summed E-state index contributed by atoms with van der Waals surface area (Å²) < 4.78 is 5.29. The zero-order valence-corrected chi connectivity index (χ0v) is 14.2. The Balaban J connectivity index is 1.78. The Morgan fingerprint density at radius 3 is 2.55 bits per heavy atom. The van der Waals surface area contributed by atoms with Crippen molar-refractivity contribution in [3.63, 3.8) is 0 Å². The zero-order valence-electron chi connectivity index (χ0n) is 14.2. The first-order valence-electron chi connectivity index (χ1n) is 8.49. The molecule has 6 heteroatoms. The number of ether oxygens (including phenoxy) is 1. The van der Waals surface area contributed by atoms with Crippen molar-refractivity contribution in [3.05, 3.63) is 0 Å². The number of hydrogen-bond acceptors (Lipinski definition) is 5. The maximum atomic E-state index is 11.4. The number of aliphatic hydroxyl groups is 1. The molecule has 2 fully saturated rings. The van der Waals surface area contributed by atoms with E-state index in [1.165, 1.54) is 0 Å². The fourth-order valence-corrected chi connectivity index (χ4v) is 3.65. The first-order chi connectivity index (χ1) is 10.5. The van der Waals surface area contributed by atoms with Crippen molar-refractivity contribution >= 4 is 5.91 Å². The van der Waals surface area contributed by atoms with E-state index in [2.05, 4.69) is 16.7 Å². The number of carbonyl (C=O) groups excluding carboxylic acids is 1. The van der Waals surface area contributed by atoms with Crippen LogP contribution in [0.1, 0.15) is 20.8 Å². The van der Waals surface area contributed by atoms with Gasteiger partial charge in [-0.05, 0) is 12.8 Å². The fraction of sp³-hybridized carbons (Fsp3) is 0.938. The van der Waals surface area contributed by atoms with E-state index in [0.29, 0.717) is 31.7 Å². The molecule has 22 heavy (non-hydrogen) atoms. The van der Waals surface area contributed by atoms with Crippen LogP contribution in [0.4, 0.5) is 0 Å². The highest BCUT2D eigenvalue weighted by atomic mass is 16.5. The molecule has 2 aliphatic rings. The molecule has 0 aromatic heterocycles. The molecule has 1 amide bonds. The third-order valence-corrected chi connectivity index (χ3v) is 4.86. The highest BCUT2D eigenvalue weighted by Crippen LogP contribution is 2.23. The van der Waals surface area contributed by atoms with E-state index in [-0.39, 0.29) is 5.91 Å². The Morgan fingerprint density at radius 1 is 1.27 bits per heavy atom. The van der Waals surface area contributed by atoms with E-state index >= 15 is 0 Å². The summed E-state index contributed by atoms with van der Waals surface area (Å²) in [5.74, 6) is 0.781. The molecule has 3 atom stereocenters. The van der Waals surface area contributed by atoms with Crippen molar-refractivity contribution in [1.82, 2.24) is 14.7 Å². The van der Waals surface area contributed by atoms with Crippen LogP contribution in [0, 0.1) is 5.92 Å². The summed E-state index contributed by atoms with van der Waals surface area (Å²) in [5.41, 5.74) is 0. The maximum Gasteiger partial charge on any atom is 0.219 e. The monoisotopic (exact) mass is 313 g/mol. The molecule has 2 rings (SSSR count). The lowest BCUT2D eigenvalue weighted by Gasteiger charge is -2.39. The molecule has 2 aliphatic heterocycles. The van der Waals surface area contributed by atoms with Crippen LogP contribution in [0.5, 0.6) is 0 Å². The molecule has 128 valence electrons. The second-order valence-electron chi connectivity index (χ2n) is 6.62. The summed E-state index contributed by atoms with van der Waals surface area (Å²) in [5, 5.41) is 9.99. The fourth-order valence-electron chi connectivity index (χ4n) is 3.65.